The van der Waals surface area contributed by atoms with Gasteiger partial charge in [0, 0.05) is 0 Å². The van der Waals surface area contributed by atoms with Crippen LogP contribution in [0.4, 0.5) is 0 Å². The van der Waals surface area contributed by atoms with E-state index in [0.29, 0.717) is 0 Å². The number of hydrogen-bond donors (Lipinski definition) is 0. The van der Waals surface area contributed by atoms with E-state index in [-0.39, 0.29) is 16.8 Å². The van der Waals surface area contributed by atoms with Crippen LogP contribution in [0.5, 0.6) is 0 Å². The first-order chi connectivity index (χ1) is 1.73. The van der Waals surface area contributed by atoms with Gasteiger partial charge in [-0.15, -0.1) is 0 Å². The van der Waals surface area contributed by atoms with Gasteiger partial charge >= 0.3 is 0 Å². The SMILES string of the molecule is C.O=S([O-])[SiH3]. The molecule has 0 amide bonds. The highest BCUT2D eigenvalue weighted by Crippen LogP contribution is 1.41. The molecule has 0 aromatic heterocycles. The van der Waals surface area contributed by atoms with Gasteiger partial charge in [0.05, 0.1) is 9.39 Å². The molecule has 0 bridgehead atoms. The fraction of sp³-hybridized carbons (Fsp3) is 1.00. The van der Waals surface area contributed by atoms with E-state index in [4.69, 9.17) is 8.76 Å². The highest BCUT2D eigenvalue weighted by atomic mass is 32.4. The van der Waals surface area contributed by atoms with E-state index in [1.165, 1.54) is 0 Å². The molecule has 0 aromatic rings. The number of hydrogen-bond acceptors (Lipinski definition) is 2. The van der Waals surface area contributed by atoms with Gasteiger partial charge in [0.2, 0.25) is 0 Å². The van der Waals surface area contributed by atoms with Crippen molar-refractivity contribution in [2.75, 3.05) is 0 Å². The molecule has 0 rings (SSSR count). The lowest BCUT2D eigenvalue weighted by Gasteiger charge is -1.85. The van der Waals surface area contributed by atoms with Gasteiger partial charge in [0.15, 0.2) is 0 Å². The number of rotatable bonds is 0. The van der Waals surface area contributed by atoms with Crippen molar-refractivity contribution in [1.29, 1.82) is 0 Å². The minimum atomic E-state index is -1.72. The minimum absolute atomic E-state index is 0. The van der Waals surface area contributed by atoms with Gasteiger partial charge in [-0.1, -0.05) is 18.0 Å². The summed E-state index contributed by atoms with van der Waals surface area (Å²) in [5, 5.41) is 0. The van der Waals surface area contributed by atoms with Gasteiger partial charge in [0.1, 0.15) is 0 Å². The Hall–Kier alpha value is 0.327. The van der Waals surface area contributed by atoms with Crippen LogP contribution in [0.1, 0.15) is 7.43 Å². The lowest BCUT2D eigenvalue weighted by atomic mass is 12.0. The molecule has 0 saturated carbocycles. The molecule has 0 aliphatic heterocycles. The van der Waals surface area contributed by atoms with Crippen LogP contribution in [0.3, 0.4) is 0 Å². The summed E-state index contributed by atoms with van der Waals surface area (Å²) >= 11 is 0. The summed E-state index contributed by atoms with van der Waals surface area (Å²) in [6.07, 6.45) is 0. The van der Waals surface area contributed by atoms with E-state index in [1.807, 2.05) is 0 Å². The van der Waals surface area contributed by atoms with Crippen LogP contribution in [0, 0.1) is 0 Å². The lowest BCUT2D eigenvalue weighted by molar-refractivity contribution is 0.552. The second kappa shape index (κ2) is 4.33. The Morgan fingerprint density at radius 2 is 1.80 bits per heavy atom. The predicted molar refractivity (Wildman–Crippen MR) is 25.6 cm³/mol. The average molecular weight is 111 g/mol. The van der Waals surface area contributed by atoms with Gasteiger partial charge in [0.25, 0.3) is 0 Å². The third kappa shape index (κ3) is 219. The first-order valence-corrected chi connectivity index (χ1v) is 4.67. The van der Waals surface area contributed by atoms with Crippen LogP contribution in [-0.4, -0.2) is 18.2 Å². The molecule has 1 unspecified atom stereocenters. The van der Waals surface area contributed by atoms with Crippen molar-refractivity contribution < 1.29 is 8.76 Å². The fourth-order valence-corrected chi connectivity index (χ4v) is 0. The molecule has 0 N–H and O–H groups in total. The van der Waals surface area contributed by atoms with Gasteiger partial charge < -0.3 is 4.55 Å². The maximum Gasteiger partial charge on any atom is 0.0928 e. The van der Waals surface area contributed by atoms with Gasteiger partial charge in [-0.3, -0.25) is 4.21 Å². The van der Waals surface area contributed by atoms with Gasteiger partial charge in [-0.05, 0) is 0 Å². The van der Waals surface area contributed by atoms with Gasteiger partial charge in [-0.25, -0.2) is 0 Å². The van der Waals surface area contributed by atoms with Gasteiger partial charge in [-0.2, -0.15) is 0 Å². The molecule has 5 heavy (non-hydrogen) atoms. The predicted octanol–water partition coefficient (Wildman–Crippen LogP) is -1.22. The quantitative estimate of drug-likeness (QED) is 0.290. The van der Waals surface area contributed by atoms with E-state index in [2.05, 4.69) is 0 Å². The normalized spacial score (nSPS) is 13.0. The average Bonchev–Trinajstić information content (AvgIpc) is 0.811. The zero-order chi connectivity index (χ0) is 3.58. The largest absolute Gasteiger partial charge is 0.778 e. The molecule has 0 heterocycles. The molecule has 2 nitrogen and oxygen atoms in total. The first kappa shape index (κ1) is 9.01. The van der Waals surface area contributed by atoms with Crippen LogP contribution < -0.4 is 0 Å². The van der Waals surface area contributed by atoms with Crippen LogP contribution in [0.15, 0.2) is 0 Å². The molecule has 0 spiro atoms. The summed E-state index contributed by atoms with van der Waals surface area (Å²) in [4.78, 5) is 0. The molecule has 0 radical (unpaired) electrons. The topological polar surface area (TPSA) is 40.1 Å². The lowest BCUT2D eigenvalue weighted by Crippen LogP contribution is -1.77. The Kier molecular flexibility index (Phi) is 7.80. The molecular formula is CH7O2SSi-. The van der Waals surface area contributed by atoms with Crippen LogP contribution >= 0.6 is 0 Å². The zero-order valence-corrected chi connectivity index (χ0v) is 5.04. The minimum Gasteiger partial charge on any atom is -0.778 e. The van der Waals surface area contributed by atoms with E-state index >= 15 is 0 Å². The molecule has 0 aromatic carbocycles. The van der Waals surface area contributed by atoms with Crippen molar-refractivity contribution in [2.24, 2.45) is 0 Å². The fourth-order valence-electron chi connectivity index (χ4n) is 0. The Balaban J connectivity index is 0. The molecule has 0 saturated heterocycles. The van der Waals surface area contributed by atoms with E-state index in [0.717, 1.165) is 0 Å². The molecular weight excluding hydrogens is 104 g/mol. The summed E-state index contributed by atoms with van der Waals surface area (Å²) in [6.45, 7) is 0. The highest BCUT2D eigenvalue weighted by molar-refractivity contribution is 8.01. The summed E-state index contributed by atoms with van der Waals surface area (Å²) in [7, 11) is -1.46. The second-order valence-corrected chi connectivity index (χ2v) is 3.20. The molecule has 0 fully saturated rings. The van der Waals surface area contributed by atoms with Crippen LogP contribution in [0.25, 0.3) is 0 Å². The van der Waals surface area contributed by atoms with Crippen molar-refractivity contribution in [3.8, 4) is 0 Å². The van der Waals surface area contributed by atoms with Crippen molar-refractivity contribution in [2.45, 2.75) is 7.43 Å². The van der Waals surface area contributed by atoms with Crippen molar-refractivity contribution in [3.05, 3.63) is 0 Å². The summed E-state index contributed by atoms with van der Waals surface area (Å²) in [6, 6.07) is 0. The third-order valence-corrected chi connectivity index (χ3v) is 0. The Morgan fingerprint density at radius 3 is 1.80 bits per heavy atom. The second-order valence-electron chi connectivity index (χ2n) is 0.401. The maximum absolute atomic E-state index is 9.06. The Morgan fingerprint density at radius 1 is 1.80 bits per heavy atom. The zero-order valence-electron chi connectivity index (χ0n) is 2.22. The van der Waals surface area contributed by atoms with E-state index in [1.54, 1.807) is 0 Å². The third-order valence-electron chi connectivity index (χ3n) is 0. The summed E-state index contributed by atoms with van der Waals surface area (Å²) in [5.74, 6) is 0. The smallest absolute Gasteiger partial charge is 0.0928 e. The highest BCUT2D eigenvalue weighted by Gasteiger charge is 1.42. The van der Waals surface area contributed by atoms with Crippen LogP contribution in [0.2, 0.25) is 0 Å². The van der Waals surface area contributed by atoms with Crippen LogP contribution in [-0.2, 0) is 10.5 Å². The first-order valence-electron chi connectivity index (χ1n) is 0.742. The van der Waals surface area contributed by atoms with Crippen molar-refractivity contribution >= 4 is 19.9 Å². The monoisotopic (exact) mass is 111 g/mol. The summed E-state index contributed by atoms with van der Waals surface area (Å²) in [5.41, 5.74) is 0. The molecule has 34 valence electrons. The summed E-state index contributed by atoms with van der Waals surface area (Å²) < 4.78 is 18.1. The molecule has 0 aliphatic carbocycles. The van der Waals surface area contributed by atoms with Crippen molar-refractivity contribution in [1.82, 2.24) is 0 Å². The molecule has 0 aliphatic rings. The van der Waals surface area contributed by atoms with E-state index in [9.17, 15) is 0 Å². The van der Waals surface area contributed by atoms with E-state index < -0.39 is 10.5 Å². The van der Waals surface area contributed by atoms with Crippen molar-refractivity contribution in [3.63, 3.8) is 0 Å². The molecule has 4 heteroatoms. The maximum atomic E-state index is 9.06. The molecule has 1 atom stereocenters. The Bertz CT molecular complexity index is 32.6. The standard InChI is InChI=1S/CH4.H4O2SSi/c;1-3(2)4/h1H4;4H3,(H,1,2)/p-1. The Labute approximate surface area is 36.9 Å².